The van der Waals surface area contributed by atoms with Crippen molar-refractivity contribution in [2.24, 2.45) is 0 Å². The van der Waals surface area contributed by atoms with Crippen LogP contribution >= 0.6 is 0 Å². The van der Waals surface area contributed by atoms with Crippen molar-refractivity contribution in [3.63, 3.8) is 0 Å². The Morgan fingerprint density at radius 3 is 3.00 bits per heavy atom. The maximum absolute atomic E-state index is 4.62. The molecule has 0 unspecified atom stereocenters. The molecule has 4 rings (SSSR count). The van der Waals surface area contributed by atoms with Gasteiger partial charge in [-0.1, -0.05) is 0 Å². The molecular formula is C15H10N4. The maximum Gasteiger partial charge on any atom is 0.159 e. The van der Waals surface area contributed by atoms with Gasteiger partial charge in [-0.25, -0.2) is 9.97 Å². The van der Waals surface area contributed by atoms with Crippen LogP contribution in [0.3, 0.4) is 0 Å². The third-order valence-corrected chi connectivity index (χ3v) is 3.22. The molecule has 0 bridgehead atoms. The van der Waals surface area contributed by atoms with Crippen LogP contribution in [0.1, 0.15) is 0 Å². The Bertz CT molecular complexity index is 879. The number of rotatable bonds is 1. The first-order chi connectivity index (χ1) is 9.42. The van der Waals surface area contributed by atoms with E-state index in [2.05, 4.69) is 19.9 Å². The van der Waals surface area contributed by atoms with Crippen LogP contribution in [-0.2, 0) is 0 Å². The Balaban J connectivity index is 1.99. The number of hydrogen-bond donors (Lipinski definition) is 1. The number of nitrogens with one attached hydrogen (secondary N) is 1. The van der Waals surface area contributed by atoms with E-state index in [4.69, 9.17) is 0 Å². The van der Waals surface area contributed by atoms with Gasteiger partial charge in [-0.15, -0.1) is 0 Å². The monoisotopic (exact) mass is 246 g/mol. The third kappa shape index (κ3) is 1.57. The van der Waals surface area contributed by atoms with Crippen molar-refractivity contribution in [1.82, 2.24) is 19.9 Å². The Hall–Kier alpha value is -2.75. The molecule has 0 spiro atoms. The largest absolute Gasteiger partial charge is 0.359 e. The molecule has 0 fully saturated rings. The summed E-state index contributed by atoms with van der Waals surface area (Å²) in [6.07, 6.45) is 7.33. The second kappa shape index (κ2) is 3.88. The summed E-state index contributed by atoms with van der Waals surface area (Å²) in [6.45, 7) is 0. The first-order valence-corrected chi connectivity index (χ1v) is 6.05. The molecule has 0 radical (unpaired) electrons. The zero-order chi connectivity index (χ0) is 12.7. The Morgan fingerprint density at radius 1 is 1.00 bits per heavy atom. The molecule has 4 aromatic heterocycles. The van der Waals surface area contributed by atoms with E-state index in [9.17, 15) is 0 Å². The highest BCUT2D eigenvalue weighted by atomic mass is 14.8. The molecule has 0 aliphatic rings. The summed E-state index contributed by atoms with van der Waals surface area (Å²) in [5, 5.41) is 2.17. The smallest absolute Gasteiger partial charge is 0.159 e. The summed E-state index contributed by atoms with van der Waals surface area (Å²) in [5.41, 5.74) is 3.78. The number of fused-ring (bicyclic) bond motifs is 2. The minimum absolute atomic E-state index is 0.767. The highest BCUT2D eigenvalue weighted by Gasteiger charge is 2.07. The van der Waals surface area contributed by atoms with Crippen molar-refractivity contribution < 1.29 is 0 Å². The summed E-state index contributed by atoms with van der Waals surface area (Å²) in [4.78, 5) is 16.2. The molecule has 4 heterocycles. The highest BCUT2D eigenvalue weighted by Crippen LogP contribution is 2.27. The van der Waals surface area contributed by atoms with Gasteiger partial charge in [0.25, 0.3) is 0 Å². The van der Waals surface area contributed by atoms with Gasteiger partial charge in [-0.2, -0.15) is 0 Å². The summed E-state index contributed by atoms with van der Waals surface area (Å²) < 4.78 is 0. The molecule has 0 amide bonds. The molecule has 0 aromatic carbocycles. The van der Waals surface area contributed by atoms with Crippen molar-refractivity contribution >= 4 is 21.9 Å². The molecule has 0 saturated heterocycles. The zero-order valence-corrected chi connectivity index (χ0v) is 10.0. The molecule has 0 aliphatic carbocycles. The van der Waals surface area contributed by atoms with Crippen molar-refractivity contribution in [2.45, 2.75) is 0 Å². The highest BCUT2D eigenvalue weighted by molar-refractivity contribution is 5.95. The predicted octanol–water partition coefficient (Wildman–Crippen LogP) is 3.17. The standard InChI is InChI=1S/C15H10N4/c1-2-10-3-4-13(19-15(10)17-6-1)12-8-18-14-9-16-7-5-11(12)14/h1-9,18H. The van der Waals surface area contributed by atoms with Crippen molar-refractivity contribution in [3.8, 4) is 11.3 Å². The van der Waals surface area contributed by atoms with Crippen molar-refractivity contribution in [1.29, 1.82) is 0 Å². The molecule has 4 heteroatoms. The lowest BCUT2D eigenvalue weighted by molar-refractivity contribution is 1.29. The predicted molar refractivity (Wildman–Crippen MR) is 74.6 cm³/mol. The van der Waals surface area contributed by atoms with E-state index in [1.165, 1.54) is 0 Å². The fraction of sp³-hybridized carbons (Fsp3) is 0. The number of nitrogens with zero attached hydrogens (tertiary/aromatic N) is 3. The molecule has 0 saturated carbocycles. The van der Waals surface area contributed by atoms with Gasteiger partial charge in [0.15, 0.2) is 5.65 Å². The lowest BCUT2D eigenvalue weighted by Gasteiger charge is -2.01. The van der Waals surface area contributed by atoms with Crippen LogP contribution < -0.4 is 0 Å². The summed E-state index contributed by atoms with van der Waals surface area (Å²) >= 11 is 0. The Kier molecular flexibility index (Phi) is 2.08. The van der Waals surface area contributed by atoms with Crippen LogP contribution in [-0.4, -0.2) is 19.9 Å². The van der Waals surface area contributed by atoms with Crippen LogP contribution in [0.25, 0.3) is 33.2 Å². The van der Waals surface area contributed by atoms with E-state index in [1.54, 1.807) is 12.4 Å². The Morgan fingerprint density at radius 2 is 2.00 bits per heavy atom. The van der Waals surface area contributed by atoms with E-state index >= 15 is 0 Å². The number of aromatic nitrogens is 4. The number of aromatic amines is 1. The van der Waals surface area contributed by atoms with Crippen LogP contribution in [0.4, 0.5) is 0 Å². The minimum Gasteiger partial charge on any atom is -0.359 e. The Labute approximate surface area is 109 Å². The molecule has 19 heavy (non-hydrogen) atoms. The second-order valence-electron chi connectivity index (χ2n) is 4.37. The summed E-state index contributed by atoms with van der Waals surface area (Å²) in [6, 6.07) is 9.99. The van der Waals surface area contributed by atoms with Crippen molar-refractivity contribution in [3.05, 3.63) is 55.1 Å². The van der Waals surface area contributed by atoms with E-state index < -0.39 is 0 Å². The first kappa shape index (κ1) is 10.2. The quantitative estimate of drug-likeness (QED) is 0.561. The van der Waals surface area contributed by atoms with Gasteiger partial charge in [0.05, 0.1) is 17.4 Å². The lowest BCUT2D eigenvalue weighted by Crippen LogP contribution is -1.86. The third-order valence-electron chi connectivity index (χ3n) is 3.22. The summed E-state index contributed by atoms with van der Waals surface area (Å²) in [5.74, 6) is 0. The van der Waals surface area contributed by atoms with Gasteiger partial charge >= 0.3 is 0 Å². The fourth-order valence-corrected chi connectivity index (χ4v) is 2.29. The number of hydrogen-bond acceptors (Lipinski definition) is 3. The normalized spacial score (nSPS) is 11.2. The second-order valence-corrected chi connectivity index (χ2v) is 4.37. The number of pyridine rings is 3. The SMILES string of the molecule is c1cnc2nc(-c3c[nH]c4cnccc34)ccc2c1. The molecule has 1 N–H and O–H groups in total. The molecule has 0 aliphatic heterocycles. The van der Waals surface area contributed by atoms with Gasteiger partial charge in [-0.05, 0) is 30.3 Å². The van der Waals surface area contributed by atoms with E-state index in [-0.39, 0.29) is 0 Å². The van der Waals surface area contributed by atoms with Crippen LogP contribution in [0.5, 0.6) is 0 Å². The molecule has 4 aromatic rings. The van der Waals surface area contributed by atoms with Crippen LogP contribution in [0.2, 0.25) is 0 Å². The lowest BCUT2D eigenvalue weighted by atomic mass is 10.1. The topological polar surface area (TPSA) is 54.5 Å². The van der Waals surface area contributed by atoms with Gasteiger partial charge in [0.1, 0.15) is 0 Å². The number of H-pyrrole nitrogens is 1. The van der Waals surface area contributed by atoms with Crippen molar-refractivity contribution in [2.75, 3.05) is 0 Å². The minimum atomic E-state index is 0.767. The van der Waals surface area contributed by atoms with E-state index in [1.807, 2.05) is 42.7 Å². The zero-order valence-electron chi connectivity index (χ0n) is 10.0. The molecule has 4 nitrogen and oxygen atoms in total. The van der Waals surface area contributed by atoms with Crippen LogP contribution in [0.15, 0.2) is 55.1 Å². The fourth-order valence-electron chi connectivity index (χ4n) is 2.29. The average Bonchev–Trinajstić information content (AvgIpc) is 2.91. The molecule has 90 valence electrons. The van der Waals surface area contributed by atoms with E-state index in [0.717, 1.165) is 33.2 Å². The van der Waals surface area contributed by atoms with Gasteiger partial charge < -0.3 is 4.98 Å². The van der Waals surface area contributed by atoms with Crippen LogP contribution in [0, 0.1) is 0 Å². The molecule has 0 atom stereocenters. The average molecular weight is 246 g/mol. The first-order valence-electron chi connectivity index (χ1n) is 6.05. The maximum atomic E-state index is 4.62. The van der Waals surface area contributed by atoms with Gasteiger partial charge in [-0.3, -0.25) is 4.98 Å². The molecular weight excluding hydrogens is 236 g/mol. The van der Waals surface area contributed by atoms with E-state index in [0.29, 0.717) is 0 Å². The van der Waals surface area contributed by atoms with Gasteiger partial charge in [0, 0.05) is 34.9 Å². The van der Waals surface area contributed by atoms with Gasteiger partial charge in [0.2, 0.25) is 0 Å². The summed E-state index contributed by atoms with van der Waals surface area (Å²) in [7, 11) is 0.